The summed E-state index contributed by atoms with van der Waals surface area (Å²) in [6, 6.07) is 7.01. The van der Waals surface area contributed by atoms with Crippen LogP contribution in [0.4, 0.5) is 0 Å². The Kier molecular flexibility index (Phi) is 7.85. The molecule has 23 heavy (non-hydrogen) atoms. The highest BCUT2D eigenvalue weighted by Gasteiger charge is 2.28. The normalized spacial score (nSPS) is 22.9. The van der Waals surface area contributed by atoms with Crippen molar-refractivity contribution in [3.8, 4) is 5.75 Å². The van der Waals surface area contributed by atoms with Gasteiger partial charge in [-0.3, -0.25) is 0 Å². The first kappa shape index (κ1) is 20.3. The highest BCUT2D eigenvalue weighted by Crippen LogP contribution is 2.39. The molecule has 0 saturated heterocycles. The summed E-state index contributed by atoms with van der Waals surface area (Å²) in [5.41, 5.74) is 1.39. The Labute approximate surface area is 146 Å². The summed E-state index contributed by atoms with van der Waals surface area (Å²) in [4.78, 5) is 0. The Morgan fingerprint density at radius 3 is 2.52 bits per heavy atom. The summed E-state index contributed by atoms with van der Waals surface area (Å²) in [7, 11) is 0. The van der Waals surface area contributed by atoms with Gasteiger partial charge in [0.1, 0.15) is 17.9 Å². The van der Waals surface area contributed by atoms with Crippen molar-refractivity contribution >= 4 is 0 Å². The summed E-state index contributed by atoms with van der Waals surface area (Å²) < 4.78 is 0. The van der Waals surface area contributed by atoms with Gasteiger partial charge in [-0.25, -0.2) is 0 Å². The number of halogens is 1. The fourth-order valence-corrected chi connectivity index (χ4v) is 3.80. The highest BCUT2D eigenvalue weighted by atomic mass is 35.5. The lowest BCUT2D eigenvalue weighted by Crippen LogP contribution is -3.00. The van der Waals surface area contributed by atoms with Gasteiger partial charge in [0.2, 0.25) is 0 Å². The van der Waals surface area contributed by atoms with Crippen LogP contribution in [-0.4, -0.2) is 22.8 Å². The van der Waals surface area contributed by atoms with Crippen LogP contribution in [-0.2, 0) is 0 Å². The van der Waals surface area contributed by atoms with E-state index >= 15 is 0 Å². The van der Waals surface area contributed by atoms with E-state index in [1.54, 1.807) is 24.3 Å². The van der Waals surface area contributed by atoms with Crippen LogP contribution in [0.3, 0.4) is 0 Å². The van der Waals surface area contributed by atoms with Crippen molar-refractivity contribution < 1.29 is 27.9 Å². The maximum Gasteiger partial charge on any atom is 0.130 e. The number of quaternary nitrogens is 1. The van der Waals surface area contributed by atoms with Crippen LogP contribution in [0.15, 0.2) is 24.3 Å². The Morgan fingerprint density at radius 1 is 1.26 bits per heavy atom. The number of phenols is 1. The minimum Gasteiger partial charge on any atom is -1.00 e. The lowest BCUT2D eigenvalue weighted by molar-refractivity contribution is -0.695. The van der Waals surface area contributed by atoms with Crippen LogP contribution < -0.4 is 17.7 Å². The van der Waals surface area contributed by atoms with Crippen molar-refractivity contribution in [2.75, 3.05) is 6.54 Å². The van der Waals surface area contributed by atoms with Gasteiger partial charge in [0.05, 0.1) is 6.54 Å². The molecular formula is C19H32ClNO2. The van der Waals surface area contributed by atoms with Crippen molar-refractivity contribution in [1.29, 1.82) is 0 Å². The monoisotopic (exact) mass is 341 g/mol. The van der Waals surface area contributed by atoms with Gasteiger partial charge in [-0.05, 0) is 55.2 Å². The average Bonchev–Trinajstić information content (AvgIpc) is 2.46. The molecule has 132 valence electrons. The summed E-state index contributed by atoms with van der Waals surface area (Å²) in [6.45, 7) is 7.93. The third-order valence-electron chi connectivity index (χ3n) is 5.15. The van der Waals surface area contributed by atoms with E-state index in [1.807, 2.05) is 0 Å². The lowest BCUT2D eigenvalue weighted by Gasteiger charge is -2.35. The van der Waals surface area contributed by atoms with Crippen LogP contribution in [0.25, 0.3) is 0 Å². The van der Waals surface area contributed by atoms with Crippen LogP contribution >= 0.6 is 0 Å². The predicted molar refractivity (Wildman–Crippen MR) is 89.7 cm³/mol. The minimum atomic E-state index is -0.483. The molecule has 4 N–H and O–H groups in total. The lowest BCUT2D eigenvalue weighted by atomic mass is 9.71. The Hall–Kier alpha value is -0.770. The van der Waals surface area contributed by atoms with Gasteiger partial charge < -0.3 is 27.9 Å². The average molecular weight is 342 g/mol. The molecule has 1 aliphatic carbocycles. The zero-order chi connectivity index (χ0) is 16.2. The molecule has 0 bridgehead atoms. The second-order valence-corrected chi connectivity index (χ2v) is 7.84. The second kappa shape index (κ2) is 8.91. The summed E-state index contributed by atoms with van der Waals surface area (Å²) in [5.74, 6) is 1.09. The summed E-state index contributed by atoms with van der Waals surface area (Å²) >= 11 is 0. The maximum absolute atomic E-state index is 10.4. The first-order valence-corrected chi connectivity index (χ1v) is 8.68. The molecule has 0 spiro atoms. The summed E-state index contributed by atoms with van der Waals surface area (Å²) in [5, 5.41) is 22.0. The molecule has 0 radical (unpaired) electrons. The molecule has 1 aromatic rings. The van der Waals surface area contributed by atoms with Crippen molar-refractivity contribution in [3.63, 3.8) is 0 Å². The van der Waals surface area contributed by atoms with Crippen LogP contribution in [0, 0.1) is 11.3 Å². The standard InChI is InChI=1S/C19H31NO2.ClH/c1-14(18(22)16-6-8-17(21)9-7-16)20-12-10-15-5-4-11-19(2,3)13-15;/h6-9,14-15,18,20-22H,4-5,10-13H2,1-3H3;1H. The van der Waals surface area contributed by atoms with E-state index in [9.17, 15) is 10.2 Å². The van der Waals surface area contributed by atoms with Gasteiger partial charge in [0, 0.05) is 0 Å². The molecule has 0 aromatic heterocycles. The fourth-order valence-electron chi connectivity index (χ4n) is 3.80. The van der Waals surface area contributed by atoms with Gasteiger partial charge in [-0.2, -0.15) is 0 Å². The molecule has 3 atom stereocenters. The Bertz CT molecular complexity index is 461. The van der Waals surface area contributed by atoms with Gasteiger partial charge >= 0.3 is 0 Å². The SMILES string of the molecule is CC([NH2+]CCC1CCCC(C)(C)C1)C(O)c1ccc(O)cc1.[Cl-]. The molecule has 1 aliphatic rings. The largest absolute Gasteiger partial charge is 1.00 e. The van der Waals surface area contributed by atoms with E-state index in [2.05, 4.69) is 26.1 Å². The number of aromatic hydroxyl groups is 1. The molecular weight excluding hydrogens is 310 g/mol. The number of benzene rings is 1. The molecule has 3 unspecified atom stereocenters. The van der Waals surface area contributed by atoms with Crippen molar-refractivity contribution in [2.24, 2.45) is 11.3 Å². The van der Waals surface area contributed by atoms with Gasteiger partial charge in [-0.15, -0.1) is 0 Å². The second-order valence-electron chi connectivity index (χ2n) is 7.84. The molecule has 0 heterocycles. The third-order valence-corrected chi connectivity index (χ3v) is 5.15. The molecule has 3 nitrogen and oxygen atoms in total. The number of hydrogen-bond donors (Lipinski definition) is 3. The smallest absolute Gasteiger partial charge is 0.130 e. The molecule has 1 saturated carbocycles. The fraction of sp³-hybridized carbons (Fsp3) is 0.684. The van der Waals surface area contributed by atoms with E-state index in [-0.39, 0.29) is 24.2 Å². The topological polar surface area (TPSA) is 57.1 Å². The molecule has 1 aromatic carbocycles. The quantitative estimate of drug-likeness (QED) is 0.681. The first-order valence-electron chi connectivity index (χ1n) is 8.68. The number of aliphatic hydroxyl groups excluding tert-OH is 1. The number of phenolic OH excluding ortho intramolecular Hbond substituents is 1. The molecule has 0 aliphatic heterocycles. The van der Waals surface area contributed by atoms with Crippen LogP contribution in [0.5, 0.6) is 5.75 Å². The maximum atomic E-state index is 10.4. The molecule has 1 fully saturated rings. The van der Waals surface area contributed by atoms with Crippen molar-refractivity contribution in [2.45, 2.75) is 65.0 Å². The first-order chi connectivity index (χ1) is 10.4. The van der Waals surface area contributed by atoms with E-state index in [0.717, 1.165) is 18.0 Å². The number of nitrogens with two attached hydrogens (primary N) is 1. The predicted octanol–water partition coefficient (Wildman–Crippen LogP) is -0.0120. The van der Waals surface area contributed by atoms with Gasteiger partial charge in [-0.1, -0.05) is 38.8 Å². The van der Waals surface area contributed by atoms with Crippen molar-refractivity contribution in [1.82, 2.24) is 0 Å². The van der Waals surface area contributed by atoms with Crippen LogP contribution in [0.2, 0.25) is 0 Å². The third kappa shape index (κ3) is 6.33. The van der Waals surface area contributed by atoms with E-state index in [4.69, 9.17) is 0 Å². The van der Waals surface area contributed by atoms with Gasteiger partial charge in [0.25, 0.3) is 0 Å². The minimum absolute atomic E-state index is 0. The number of rotatable bonds is 6. The Morgan fingerprint density at radius 2 is 1.91 bits per heavy atom. The molecule has 4 heteroatoms. The Balaban J connectivity index is 0.00000264. The zero-order valence-corrected chi connectivity index (χ0v) is 15.4. The van der Waals surface area contributed by atoms with E-state index in [0.29, 0.717) is 5.41 Å². The highest BCUT2D eigenvalue weighted by molar-refractivity contribution is 5.27. The van der Waals surface area contributed by atoms with Crippen LogP contribution in [0.1, 0.15) is 64.5 Å². The number of aliphatic hydroxyl groups is 1. The van der Waals surface area contributed by atoms with Gasteiger partial charge in [0.15, 0.2) is 0 Å². The number of hydrogen-bond acceptors (Lipinski definition) is 2. The van der Waals surface area contributed by atoms with Crippen molar-refractivity contribution in [3.05, 3.63) is 29.8 Å². The summed E-state index contributed by atoms with van der Waals surface area (Å²) in [6.07, 6.45) is 6.20. The zero-order valence-electron chi connectivity index (χ0n) is 14.6. The van der Waals surface area contributed by atoms with E-state index in [1.165, 1.54) is 32.1 Å². The molecule has 0 amide bonds. The van der Waals surface area contributed by atoms with E-state index < -0.39 is 6.10 Å². The molecule has 2 rings (SSSR count).